The Kier molecular flexibility index (Phi) is 4.45. The van der Waals surface area contributed by atoms with E-state index in [2.05, 4.69) is 5.32 Å². The van der Waals surface area contributed by atoms with E-state index >= 15 is 0 Å². The first-order valence-electron chi connectivity index (χ1n) is 6.25. The van der Waals surface area contributed by atoms with Gasteiger partial charge in [-0.05, 0) is 31.5 Å². The molecular formula is C14H18ClNO3. The van der Waals surface area contributed by atoms with Gasteiger partial charge in [-0.25, -0.2) is 0 Å². The van der Waals surface area contributed by atoms with Gasteiger partial charge in [0.2, 0.25) is 0 Å². The molecule has 1 aliphatic rings. The number of benzene rings is 1. The van der Waals surface area contributed by atoms with Gasteiger partial charge in [0.1, 0.15) is 6.10 Å². The molecule has 5 heteroatoms. The Hall–Kier alpha value is -1.10. The molecule has 1 N–H and O–H groups in total. The van der Waals surface area contributed by atoms with Gasteiger partial charge in [-0.1, -0.05) is 12.1 Å². The summed E-state index contributed by atoms with van der Waals surface area (Å²) in [7, 11) is 0. The molecule has 0 saturated carbocycles. The Balaban J connectivity index is 1.87. The van der Waals surface area contributed by atoms with Crippen LogP contribution in [0.25, 0.3) is 0 Å². The summed E-state index contributed by atoms with van der Waals surface area (Å²) >= 11 is 5.75. The molecule has 1 saturated heterocycles. The minimum absolute atomic E-state index is 0.102. The number of carbonyl (C=O) groups is 1. The first-order valence-corrected chi connectivity index (χ1v) is 6.78. The molecular weight excluding hydrogens is 266 g/mol. The van der Waals surface area contributed by atoms with Crippen molar-refractivity contribution in [1.29, 1.82) is 0 Å². The lowest BCUT2D eigenvalue weighted by molar-refractivity contribution is -0.137. The summed E-state index contributed by atoms with van der Waals surface area (Å²) in [6.07, 6.45) is -0.102. The van der Waals surface area contributed by atoms with Crippen molar-refractivity contribution in [3.8, 4) is 0 Å². The number of nitrogens with one attached hydrogen (secondary N) is 1. The average Bonchev–Trinajstić information content (AvgIpc) is 2.75. The predicted octanol–water partition coefficient (Wildman–Crippen LogP) is 2.31. The number of amides is 1. The summed E-state index contributed by atoms with van der Waals surface area (Å²) in [5.74, 6) is -0.289. The van der Waals surface area contributed by atoms with Crippen LogP contribution in [0.3, 0.4) is 0 Å². The first-order chi connectivity index (χ1) is 9.00. The van der Waals surface area contributed by atoms with Gasteiger partial charge in [-0.3, -0.25) is 4.79 Å². The van der Waals surface area contributed by atoms with Gasteiger partial charge in [0, 0.05) is 18.0 Å². The largest absolute Gasteiger partial charge is 0.349 e. The number of ether oxygens (including phenoxy) is 2. The van der Waals surface area contributed by atoms with Crippen molar-refractivity contribution in [3.63, 3.8) is 0 Å². The first kappa shape index (κ1) is 14.3. The lowest BCUT2D eigenvalue weighted by Crippen LogP contribution is -2.34. The maximum absolute atomic E-state index is 12.0. The highest BCUT2D eigenvalue weighted by atomic mass is 35.5. The van der Waals surface area contributed by atoms with Gasteiger partial charge in [0.15, 0.2) is 5.79 Å². The number of rotatable bonds is 4. The third-order valence-corrected chi connectivity index (χ3v) is 3.21. The summed E-state index contributed by atoms with van der Waals surface area (Å²) in [5.41, 5.74) is 1.53. The van der Waals surface area contributed by atoms with Crippen LogP contribution in [0.1, 0.15) is 29.8 Å². The van der Waals surface area contributed by atoms with E-state index in [1.54, 1.807) is 12.1 Å². The fourth-order valence-corrected chi connectivity index (χ4v) is 2.13. The third-order valence-electron chi connectivity index (χ3n) is 2.90. The second kappa shape index (κ2) is 5.90. The Labute approximate surface area is 118 Å². The summed E-state index contributed by atoms with van der Waals surface area (Å²) in [4.78, 5) is 12.0. The van der Waals surface area contributed by atoms with E-state index in [9.17, 15) is 4.79 Å². The lowest BCUT2D eigenvalue weighted by atomic mass is 10.1. The molecule has 104 valence electrons. The summed E-state index contributed by atoms with van der Waals surface area (Å²) in [5, 5.41) is 2.84. The van der Waals surface area contributed by atoms with E-state index in [0.717, 1.165) is 5.56 Å². The van der Waals surface area contributed by atoms with Gasteiger partial charge in [-0.2, -0.15) is 0 Å². The highest BCUT2D eigenvalue weighted by Gasteiger charge is 2.32. The van der Waals surface area contributed by atoms with Crippen molar-refractivity contribution in [2.75, 3.05) is 13.2 Å². The third kappa shape index (κ3) is 3.93. The molecule has 2 rings (SSSR count). The minimum Gasteiger partial charge on any atom is -0.349 e. The maximum atomic E-state index is 12.0. The molecule has 0 spiro atoms. The molecule has 1 fully saturated rings. The van der Waals surface area contributed by atoms with Gasteiger partial charge in [-0.15, -0.1) is 11.6 Å². The SMILES string of the molecule is CC1(C)OCC(CNC(=O)c2cccc(CCl)c2)O1. The van der Waals surface area contributed by atoms with Crippen LogP contribution < -0.4 is 5.32 Å². The van der Waals surface area contributed by atoms with Crippen LogP contribution in [0.2, 0.25) is 0 Å². The molecule has 4 nitrogen and oxygen atoms in total. The predicted molar refractivity (Wildman–Crippen MR) is 73.2 cm³/mol. The zero-order chi connectivity index (χ0) is 13.9. The Morgan fingerprint density at radius 2 is 2.32 bits per heavy atom. The topological polar surface area (TPSA) is 47.6 Å². The second-order valence-corrected chi connectivity index (χ2v) is 5.26. The van der Waals surface area contributed by atoms with Gasteiger partial charge in [0.25, 0.3) is 5.91 Å². The van der Waals surface area contributed by atoms with Crippen LogP contribution in [0.5, 0.6) is 0 Å². The van der Waals surface area contributed by atoms with E-state index in [-0.39, 0.29) is 12.0 Å². The fraction of sp³-hybridized carbons (Fsp3) is 0.500. The standard InChI is InChI=1S/C14H18ClNO3/c1-14(2)18-9-12(19-14)8-16-13(17)11-5-3-4-10(6-11)7-15/h3-6,12H,7-9H2,1-2H3,(H,16,17). The van der Waals surface area contributed by atoms with E-state index in [0.29, 0.717) is 24.6 Å². The number of hydrogen-bond donors (Lipinski definition) is 1. The number of carbonyl (C=O) groups excluding carboxylic acids is 1. The Bertz CT molecular complexity index is 462. The lowest BCUT2D eigenvalue weighted by Gasteiger charge is -2.17. The molecule has 19 heavy (non-hydrogen) atoms. The molecule has 1 atom stereocenters. The van der Waals surface area contributed by atoms with Crippen LogP contribution in [0.15, 0.2) is 24.3 Å². The molecule has 0 aromatic heterocycles. The minimum atomic E-state index is -0.562. The maximum Gasteiger partial charge on any atom is 0.251 e. The molecule has 0 radical (unpaired) electrons. The quantitative estimate of drug-likeness (QED) is 0.863. The van der Waals surface area contributed by atoms with E-state index in [1.807, 2.05) is 26.0 Å². The summed E-state index contributed by atoms with van der Waals surface area (Å²) < 4.78 is 11.1. The van der Waals surface area contributed by atoms with Crippen LogP contribution in [0.4, 0.5) is 0 Å². The van der Waals surface area contributed by atoms with Crippen LogP contribution in [-0.2, 0) is 15.4 Å². The zero-order valence-corrected chi connectivity index (χ0v) is 11.9. The Morgan fingerprint density at radius 3 is 2.95 bits per heavy atom. The summed E-state index contributed by atoms with van der Waals surface area (Å²) in [6, 6.07) is 7.27. The van der Waals surface area contributed by atoms with Crippen molar-refractivity contribution in [3.05, 3.63) is 35.4 Å². The van der Waals surface area contributed by atoms with E-state index in [4.69, 9.17) is 21.1 Å². The highest BCUT2D eigenvalue weighted by molar-refractivity contribution is 6.17. The Morgan fingerprint density at radius 1 is 1.53 bits per heavy atom. The average molecular weight is 284 g/mol. The molecule has 1 aliphatic heterocycles. The van der Waals surface area contributed by atoms with Crippen molar-refractivity contribution in [1.82, 2.24) is 5.32 Å². The van der Waals surface area contributed by atoms with Crippen LogP contribution in [-0.4, -0.2) is 30.9 Å². The van der Waals surface area contributed by atoms with Crippen molar-refractivity contribution >= 4 is 17.5 Å². The smallest absolute Gasteiger partial charge is 0.251 e. The van der Waals surface area contributed by atoms with Crippen molar-refractivity contribution in [2.24, 2.45) is 0 Å². The zero-order valence-electron chi connectivity index (χ0n) is 11.1. The fourth-order valence-electron chi connectivity index (χ4n) is 1.97. The number of halogens is 1. The van der Waals surface area contributed by atoms with E-state index in [1.165, 1.54) is 0 Å². The van der Waals surface area contributed by atoms with Crippen LogP contribution in [0, 0.1) is 0 Å². The summed E-state index contributed by atoms with van der Waals surface area (Å²) in [6.45, 7) is 4.65. The second-order valence-electron chi connectivity index (χ2n) is 4.99. The normalized spacial score (nSPS) is 21.3. The van der Waals surface area contributed by atoms with E-state index < -0.39 is 5.79 Å². The molecule has 1 unspecified atom stereocenters. The monoisotopic (exact) mass is 283 g/mol. The number of alkyl halides is 1. The van der Waals surface area contributed by atoms with Gasteiger partial charge >= 0.3 is 0 Å². The molecule has 1 amide bonds. The van der Waals surface area contributed by atoms with Crippen molar-refractivity contribution in [2.45, 2.75) is 31.6 Å². The molecule has 1 aromatic rings. The highest BCUT2D eigenvalue weighted by Crippen LogP contribution is 2.21. The molecule has 1 aromatic carbocycles. The number of hydrogen-bond acceptors (Lipinski definition) is 3. The molecule has 0 bridgehead atoms. The van der Waals surface area contributed by atoms with Crippen molar-refractivity contribution < 1.29 is 14.3 Å². The van der Waals surface area contributed by atoms with Gasteiger partial charge < -0.3 is 14.8 Å². The van der Waals surface area contributed by atoms with Crippen LogP contribution >= 0.6 is 11.6 Å². The van der Waals surface area contributed by atoms with Gasteiger partial charge in [0.05, 0.1) is 6.61 Å². The molecule has 1 heterocycles. The molecule has 0 aliphatic carbocycles.